The van der Waals surface area contributed by atoms with E-state index >= 15 is 0 Å². The lowest BCUT2D eigenvalue weighted by atomic mass is 9.89. The van der Waals surface area contributed by atoms with Gasteiger partial charge >= 0.3 is 11.8 Å². The summed E-state index contributed by atoms with van der Waals surface area (Å²) in [4.78, 5) is 23.5. The molecule has 2 fully saturated rings. The number of benzene rings is 1. The second-order valence-corrected chi connectivity index (χ2v) is 7.38. The van der Waals surface area contributed by atoms with E-state index in [-0.39, 0.29) is 5.69 Å². The Morgan fingerprint density at radius 3 is 2.57 bits per heavy atom. The summed E-state index contributed by atoms with van der Waals surface area (Å²) in [5, 5.41) is 0.666. The number of nitrogens with two attached hydrogens (primary N) is 1. The molecule has 2 aromatic rings. The zero-order chi connectivity index (χ0) is 20.2. The molecule has 9 heteroatoms. The predicted octanol–water partition coefficient (Wildman–Crippen LogP) is 2.12. The van der Waals surface area contributed by atoms with Crippen molar-refractivity contribution in [1.82, 2.24) is 0 Å². The van der Waals surface area contributed by atoms with Crippen molar-refractivity contribution < 1.29 is 32.9 Å². The Labute approximate surface area is 160 Å². The van der Waals surface area contributed by atoms with Gasteiger partial charge in [-0.15, -0.1) is 0 Å². The Balaban J connectivity index is 1.70. The highest BCUT2D eigenvalue weighted by Crippen LogP contribution is 2.39. The molecule has 28 heavy (non-hydrogen) atoms. The monoisotopic (exact) mass is 391 g/mol. The summed E-state index contributed by atoms with van der Waals surface area (Å²) in [6.45, 7) is 5.38. The molecule has 0 spiro atoms. The van der Waals surface area contributed by atoms with Gasteiger partial charge in [0.25, 0.3) is 0 Å². The number of carbonyl (C=O) groups is 1. The number of rotatable bonds is 3. The quantitative estimate of drug-likeness (QED) is 0.619. The van der Waals surface area contributed by atoms with E-state index in [4.69, 9.17) is 33.8 Å². The van der Waals surface area contributed by atoms with Crippen molar-refractivity contribution in [2.45, 2.75) is 51.0 Å². The maximum absolute atomic E-state index is 11.8. The summed E-state index contributed by atoms with van der Waals surface area (Å²) >= 11 is 0. The van der Waals surface area contributed by atoms with Gasteiger partial charge in [0, 0.05) is 18.1 Å². The van der Waals surface area contributed by atoms with E-state index in [9.17, 15) is 9.59 Å². The van der Waals surface area contributed by atoms with E-state index < -0.39 is 42.0 Å². The number of hydrogen-bond acceptors (Lipinski definition) is 9. The summed E-state index contributed by atoms with van der Waals surface area (Å²) in [7, 11) is 1.52. The molecule has 2 aliphatic rings. The number of aryl methyl sites for hydroxylation is 1. The van der Waals surface area contributed by atoms with Crippen LogP contribution >= 0.6 is 0 Å². The number of anilines is 1. The van der Waals surface area contributed by atoms with Crippen LogP contribution in [0.5, 0.6) is 5.75 Å². The van der Waals surface area contributed by atoms with E-state index in [1.165, 1.54) is 7.11 Å². The molecule has 0 amide bonds. The highest BCUT2D eigenvalue weighted by molar-refractivity contribution is 5.83. The van der Waals surface area contributed by atoms with E-state index in [2.05, 4.69) is 0 Å². The summed E-state index contributed by atoms with van der Waals surface area (Å²) in [5.41, 5.74) is 5.17. The fraction of sp³-hybridized carbons (Fsp3) is 0.474. The number of nitrogen functional groups attached to an aromatic ring is 1. The molecule has 1 unspecified atom stereocenters. The van der Waals surface area contributed by atoms with Crippen LogP contribution in [0, 0.1) is 6.92 Å². The zero-order valence-electron chi connectivity index (χ0n) is 15.9. The summed E-state index contributed by atoms with van der Waals surface area (Å²) in [5.74, 6) is 0.416. The molecule has 0 aliphatic carbocycles. The van der Waals surface area contributed by atoms with Gasteiger partial charge in [0.1, 0.15) is 23.1 Å². The van der Waals surface area contributed by atoms with Gasteiger partial charge in [0.05, 0.1) is 5.60 Å². The van der Waals surface area contributed by atoms with Gasteiger partial charge in [-0.2, -0.15) is 0 Å². The maximum Gasteiger partial charge on any atom is 0.509 e. The first-order valence-corrected chi connectivity index (χ1v) is 8.79. The molecule has 1 aromatic carbocycles. The SMILES string of the molecule is CO[C@@H]1[C@@H]2OC(=O)OC2[C@H](Oc2ccc3cc(N)c(=O)oc3c2C)OC1(C)C. The van der Waals surface area contributed by atoms with Gasteiger partial charge in [-0.1, -0.05) is 0 Å². The van der Waals surface area contributed by atoms with Gasteiger partial charge in [0.2, 0.25) is 12.4 Å². The average molecular weight is 391 g/mol. The van der Waals surface area contributed by atoms with Crippen LogP contribution in [0.15, 0.2) is 27.4 Å². The predicted molar refractivity (Wildman–Crippen MR) is 97.2 cm³/mol. The average Bonchev–Trinajstić information content (AvgIpc) is 3.00. The van der Waals surface area contributed by atoms with E-state index in [1.807, 2.05) is 13.8 Å². The lowest BCUT2D eigenvalue weighted by Crippen LogP contribution is -2.62. The minimum Gasteiger partial charge on any atom is -0.460 e. The molecule has 3 heterocycles. The normalized spacial score (nSPS) is 28.5. The van der Waals surface area contributed by atoms with Crippen molar-refractivity contribution >= 4 is 22.8 Å². The first-order chi connectivity index (χ1) is 13.2. The molecule has 4 atom stereocenters. The van der Waals surface area contributed by atoms with Crippen molar-refractivity contribution in [3.8, 4) is 5.75 Å². The van der Waals surface area contributed by atoms with E-state index in [0.717, 1.165) is 0 Å². The fourth-order valence-electron chi connectivity index (χ4n) is 3.74. The molecular formula is C19H21NO8. The number of fused-ring (bicyclic) bond motifs is 2. The van der Waals surface area contributed by atoms with Gasteiger partial charge < -0.3 is 33.8 Å². The van der Waals surface area contributed by atoms with Gasteiger partial charge in [-0.3, -0.25) is 0 Å². The van der Waals surface area contributed by atoms with Crippen LogP contribution in [0.4, 0.5) is 10.5 Å². The third-order valence-corrected chi connectivity index (χ3v) is 5.09. The number of ether oxygens (including phenoxy) is 5. The lowest BCUT2D eigenvalue weighted by molar-refractivity contribution is -0.282. The van der Waals surface area contributed by atoms with Crippen LogP contribution in [0.3, 0.4) is 0 Å². The largest absolute Gasteiger partial charge is 0.509 e. The van der Waals surface area contributed by atoms with Crippen molar-refractivity contribution in [3.63, 3.8) is 0 Å². The van der Waals surface area contributed by atoms with Gasteiger partial charge in [-0.25, -0.2) is 9.59 Å². The number of hydrogen-bond donors (Lipinski definition) is 1. The van der Waals surface area contributed by atoms with Crippen molar-refractivity contribution in [2.24, 2.45) is 0 Å². The van der Waals surface area contributed by atoms with Gasteiger partial charge in [-0.05, 0) is 39.0 Å². The van der Waals surface area contributed by atoms with Crippen LogP contribution in [0.25, 0.3) is 11.0 Å². The Morgan fingerprint density at radius 1 is 1.14 bits per heavy atom. The number of carbonyl (C=O) groups excluding carboxylic acids is 1. The summed E-state index contributed by atoms with van der Waals surface area (Å²) in [6.07, 6.45) is -3.75. The molecule has 4 rings (SSSR count). The smallest absolute Gasteiger partial charge is 0.460 e. The minimum atomic E-state index is -0.936. The number of methoxy groups -OCH3 is 1. The van der Waals surface area contributed by atoms with Crippen molar-refractivity contribution in [3.05, 3.63) is 34.2 Å². The molecular weight excluding hydrogens is 370 g/mol. The molecule has 0 radical (unpaired) electrons. The molecule has 2 N–H and O–H groups in total. The van der Waals surface area contributed by atoms with Crippen LogP contribution in [0.1, 0.15) is 19.4 Å². The highest BCUT2D eigenvalue weighted by atomic mass is 16.8. The van der Waals surface area contributed by atoms with Crippen molar-refractivity contribution in [2.75, 3.05) is 12.8 Å². The zero-order valence-corrected chi connectivity index (χ0v) is 15.9. The Morgan fingerprint density at radius 2 is 1.86 bits per heavy atom. The molecule has 2 saturated heterocycles. The Bertz CT molecular complexity index is 997. The Kier molecular flexibility index (Phi) is 4.24. The second-order valence-electron chi connectivity index (χ2n) is 7.38. The first kappa shape index (κ1) is 18.6. The summed E-state index contributed by atoms with van der Waals surface area (Å²) in [6, 6.07) is 4.98. The lowest BCUT2D eigenvalue weighted by Gasteiger charge is -2.45. The third kappa shape index (κ3) is 2.87. The van der Waals surface area contributed by atoms with Crippen LogP contribution < -0.4 is 16.1 Å². The van der Waals surface area contributed by atoms with Crippen molar-refractivity contribution in [1.29, 1.82) is 0 Å². The highest BCUT2D eigenvalue weighted by Gasteiger charge is 2.58. The second kappa shape index (κ2) is 6.39. The van der Waals surface area contributed by atoms with Gasteiger partial charge in [0.15, 0.2) is 6.10 Å². The minimum absolute atomic E-state index is 0.0291. The molecule has 0 saturated carbocycles. The van der Waals surface area contributed by atoms with E-state index in [0.29, 0.717) is 22.3 Å². The van der Waals surface area contributed by atoms with E-state index in [1.54, 1.807) is 25.1 Å². The maximum atomic E-state index is 11.8. The molecule has 150 valence electrons. The summed E-state index contributed by atoms with van der Waals surface area (Å²) < 4.78 is 33.4. The molecule has 0 bridgehead atoms. The molecule has 1 aromatic heterocycles. The van der Waals surface area contributed by atoms with Crippen LogP contribution in [0.2, 0.25) is 0 Å². The van der Waals surface area contributed by atoms with Crippen LogP contribution in [-0.2, 0) is 18.9 Å². The fourth-order valence-corrected chi connectivity index (χ4v) is 3.74. The van der Waals surface area contributed by atoms with Crippen LogP contribution in [-0.4, -0.2) is 43.5 Å². The third-order valence-electron chi connectivity index (χ3n) is 5.09. The topological polar surface area (TPSA) is 119 Å². The Hall–Kier alpha value is -2.78. The standard InChI is InChI=1S/C19H21NO8/c1-8-11(6-5-9-7-10(20)16(21)25-12(8)9)24-17-14-13(26-18(22)27-14)15(23-4)19(2,3)28-17/h5-7,13-15,17H,20H2,1-4H3/t13-,14?,15-,17-/m1/s1. The first-order valence-electron chi connectivity index (χ1n) is 8.79. The molecule has 2 aliphatic heterocycles. The molecule has 9 nitrogen and oxygen atoms in total.